The molecule has 4 rings (SSSR count). The fraction of sp³-hybridized carbons (Fsp3) is 0.400. The van der Waals surface area contributed by atoms with Crippen LogP contribution in [0.25, 0.3) is 0 Å². The number of aliphatic hydroxyl groups excluding tert-OH is 1. The minimum atomic E-state index is -1.33. The highest BCUT2D eigenvalue weighted by Gasteiger charge is 2.20. The van der Waals surface area contributed by atoms with E-state index in [1.54, 1.807) is 25.4 Å². The second-order valence-electron chi connectivity index (χ2n) is 10.0. The van der Waals surface area contributed by atoms with Crippen molar-refractivity contribution in [3.63, 3.8) is 0 Å². The molecule has 1 aliphatic rings. The van der Waals surface area contributed by atoms with Crippen LogP contribution in [0.5, 0.6) is 17.2 Å². The van der Waals surface area contributed by atoms with Crippen molar-refractivity contribution in [2.75, 3.05) is 39.6 Å². The number of aliphatic hydroxyl groups is 1. The van der Waals surface area contributed by atoms with Gasteiger partial charge < -0.3 is 30.3 Å². The lowest BCUT2D eigenvalue weighted by Crippen LogP contribution is -2.45. The van der Waals surface area contributed by atoms with Gasteiger partial charge in [0.2, 0.25) is 0 Å². The Morgan fingerprint density at radius 1 is 1.17 bits per heavy atom. The van der Waals surface area contributed by atoms with Gasteiger partial charge >= 0.3 is 0 Å². The zero-order valence-corrected chi connectivity index (χ0v) is 24.2. The Kier molecular flexibility index (Phi) is 11.1. The smallest absolute Gasteiger partial charge is 0.253 e. The fourth-order valence-electron chi connectivity index (χ4n) is 4.67. The molecule has 2 unspecified atom stereocenters. The summed E-state index contributed by atoms with van der Waals surface area (Å²) in [6.07, 6.45) is 4.29. The standard InChI is InChI=1S/C30H38N4O6S/c1-39-28-6-4-3-5-21(28)16-33-30(37)22-7-8-24(31-17-22)19-34-13-11-23(12-14-34)32-18-25(35)20-40-26-9-10-27(36)29(15-26)41(2)38/h3-10,15,17,23,25,32,35-36H,11-14,16,18-20H2,1-2H3,(H,33,37). The normalized spacial score (nSPS) is 15.7. The van der Waals surface area contributed by atoms with Crippen LogP contribution in [0.15, 0.2) is 65.7 Å². The van der Waals surface area contributed by atoms with Crippen molar-refractivity contribution >= 4 is 16.7 Å². The third-order valence-electron chi connectivity index (χ3n) is 7.02. The largest absolute Gasteiger partial charge is 0.507 e. The Labute approximate surface area is 243 Å². The monoisotopic (exact) mass is 582 g/mol. The average molecular weight is 583 g/mol. The molecule has 3 aromatic rings. The van der Waals surface area contributed by atoms with Gasteiger partial charge in [-0.25, -0.2) is 0 Å². The predicted octanol–water partition coefficient (Wildman–Crippen LogP) is 2.46. The van der Waals surface area contributed by atoms with Gasteiger partial charge in [0.15, 0.2) is 0 Å². The molecule has 0 bridgehead atoms. The number of carbonyl (C=O) groups is 1. The number of nitrogens with one attached hydrogen (secondary N) is 2. The zero-order chi connectivity index (χ0) is 29.2. The highest BCUT2D eigenvalue weighted by molar-refractivity contribution is 7.84. The molecule has 4 N–H and O–H groups in total. The van der Waals surface area contributed by atoms with Gasteiger partial charge in [-0.2, -0.15) is 0 Å². The number of hydrogen-bond donors (Lipinski definition) is 4. The number of nitrogens with zero attached hydrogens (tertiary/aromatic N) is 2. The van der Waals surface area contributed by atoms with Crippen LogP contribution >= 0.6 is 0 Å². The molecule has 41 heavy (non-hydrogen) atoms. The quantitative estimate of drug-likeness (QED) is 0.240. The van der Waals surface area contributed by atoms with Gasteiger partial charge in [0.05, 0.1) is 34.1 Å². The van der Waals surface area contributed by atoms with E-state index in [0.717, 1.165) is 42.9 Å². The summed E-state index contributed by atoms with van der Waals surface area (Å²) < 4.78 is 22.6. The molecule has 1 fully saturated rings. The summed E-state index contributed by atoms with van der Waals surface area (Å²) >= 11 is 0. The maximum Gasteiger partial charge on any atom is 0.253 e. The highest BCUT2D eigenvalue weighted by Crippen LogP contribution is 2.25. The zero-order valence-electron chi connectivity index (χ0n) is 23.4. The van der Waals surface area contributed by atoms with Crippen molar-refractivity contribution < 1.29 is 28.7 Å². The van der Waals surface area contributed by atoms with Gasteiger partial charge in [0.1, 0.15) is 30.0 Å². The molecule has 0 radical (unpaired) electrons. The molecule has 11 heteroatoms. The molecular formula is C30H38N4O6S. The maximum absolute atomic E-state index is 12.6. The van der Waals surface area contributed by atoms with Gasteiger partial charge in [-0.3, -0.25) is 18.9 Å². The maximum atomic E-state index is 12.6. The molecule has 2 heterocycles. The third-order valence-corrected chi connectivity index (χ3v) is 7.96. The fourth-order valence-corrected chi connectivity index (χ4v) is 5.32. The summed E-state index contributed by atoms with van der Waals surface area (Å²) in [6, 6.07) is 16.1. The second-order valence-corrected chi connectivity index (χ2v) is 11.4. The van der Waals surface area contributed by atoms with Crippen LogP contribution in [-0.4, -0.2) is 82.0 Å². The number of piperidine rings is 1. The van der Waals surface area contributed by atoms with Gasteiger partial charge in [-0.05, 0) is 49.2 Å². The van der Waals surface area contributed by atoms with Gasteiger partial charge in [-0.1, -0.05) is 18.2 Å². The van der Waals surface area contributed by atoms with E-state index in [-0.39, 0.29) is 18.3 Å². The number of phenolic OH excluding ortho intramolecular Hbond substituents is 1. The minimum Gasteiger partial charge on any atom is -0.507 e. The van der Waals surface area contributed by atoms with Crippen LogP contribution in [0.2, 0.25) is 0 Å². The average Bonchev–Trinajstić information content (AvgIpc) is 2.99. The molecule has 220 valence electrons. The van der Waals surface area contributed by atoms with E-state index >= 15 is 0 Å². The molecule has 0 spiro atoms. The first kappa shape index (κ1) is 30.4. The van der Waals surface area contributed by atoms with Crippen molar-refractivity contribution in [3.8, 4) is 17.2 Å². The molecule has 2 aromatic carbocycles. The molecule has 1 aromatic heterocycles. The number of amides is 1. The number of benzene rings is 2. The number of likely N-dealkylation sites (tertiary alicyclic amines) is 1. The number of rotatable bonds is 13. The molecular weight excluding hydrogens is 544 g/mol. The number of phenols is 1. The number of para-hydroxylation sites is 1. The topological polar surface area (TPSA) is 133 Å². The number of hydrogen-bond acceptors (Lipinski definition) is 9. The Morgan fingerprint density at radius 3 is 2.66 bits per heavy atom. The molecule has 10 nitrogen and oxygen atoms in total. The predicted molar refractivity (Wildman–Crippen MR) is 157 cm³/mol. The van der Waals surface area contributed by atoms with E-state index in [1.165, 1.54) is 18.4 Å². The molecule has 0 aliphatic carbocycles. The Bertz CT molecular complexity index is 1310. The number of aromatic nitrogens is 1. The Hall–Kier alpha value is -3.51. The van der Waals surface area contributed by atoms with Crippen molar-refractivity contribution in [3.05, 3.63) is 77.6 Å². The van der Waals surface area contributed by atoms with Crippen LogP contribution in [0.3, 0.4) is 0 Å². The summed E-state index contributed by atoms with van der Waals surface area (Å²) in [5, 5.41) is 26.5. The van der Waals surface area contributed by atoms with Crippen molar-refractivity contribution in [1.29, 1.82) is 0 Å². The summed E-state index contributed by atoms with van der Waals surface area (Å²) in [7, 11) is 0.279. The number of ether oxygens (including phenoxy) is 2. The van der Waals surface area contributed by atoms with Crippen molar-refractivity contribution in [1.82, 2.24) is 20.5 Å². The van der Waals surface area contributed by atoms with E-state index in [4.69, 9.17) is 9.47 Å². The lowest BCUT2D eigenvalue weighted by molar-refractivity contribution is 0.0950. The van der Waals surface area contributed by atoms with Crippen molar-refractivity contribution in [2.24, 2.45) is 0 Å². The second kappa shape index (κ2) is 14.9. The third kappa shape index (κ3) is 8.99. The number of methoxy groups -OCH3 is 1. The Balaban J connectivity index is 1.14. The molecule has 1 saturated heterocycles. The number of pyridine rings is 1. The highest BCUT2D eigenvalue weighted by atomic mass is 32.2. The van der Waals surface area contributed by atoms with Crippen LogP contribution in [0, 0.1) is 0 Å². The van der Waals surface area contributed by atoms with Crippen molar-refractivity contribution in [2.45, 2.75) is 43.0 Å². The van der Waals surface area contributed by atoms with E-state index in [1.807, 2.05) is 30.3 Å². The van der Waals surface area contributed by atoms with Crippen LogP contribution in [0.1, 0.15) is 34.5 Å². The first-order chi connectivity index (χ1) is 19.8. The summed E-state index contributed by atoms with van der Waals surface area (Å²) in [5.41, 5.74) is 2.34. The van der Waals surface area contributed by atoms with E-state index in [9.17, 15) is 19.2 Å². The summed E-state index contributed by atoms with van der Waals surface area (Å²) in [4.78, 5) is 19.7. The molecule has 0 saturated carbocycles. The first-order valence-corrected chi connectivity index (χ1v) is 15.2. The molecule has 1 aliphatic heterocycles. The Morgan fingerprint density at radius 2 is 1.95 bits per heavy atom. The van der Waals surface area contributed by atoms with Crippen LogP contribution in [0.4, 0.5) is 0 Å². The van der Waals surface area contributed by atoms with Crippen LogP contribution in [-0.2, 0) is 23.9 Å². The van der Waals surface area contributed by atoms with E-state index in [2.05, 4.69) is 20.5 Å². The lowest BCUT2D eigenvalue weighted by Gasteiger charge is -2.32. The van der Waals surface area contributed by atoms with Crippen LogP contribution < -0.4 is 20.1 Å². The summed E-state index contributed by atoms with van der Waals surface area (Å²) in [5.74, 6) is 0.973. The lowest BCUT2D eigenvalue weighted by atomic mass is 10.0. The van der Waals surface area contributed by atoms with E-state index < -0.39 is 16.9 Å². The summed E-state index contributed by atoms with van der Waals surface area (Å²) in [6.45, 7) is 3.38. The minimum absolute atomic E-state index is 0.0388. The SMILES string of the molecule is COc1ccccc1CNC(=O)c1ccc(CN2CCC(NCC(O)COc3ccc(O)c(S(C)=O)c3)CC2)nc1. The number of carbonyl (C=O) groups excluding carboxylic acids is 1. The first-order valence-electron chi connectivity index (χ1n) is 13.6. The number of aromatic hydroxyl groups is 1. The molecule has 2 atom stereocenters. The van der Waals surface area contributed by atoms with Gasteiger partial charge in [0, 0.05) is 56.8 Å². The molecule has 1 amide bonds. The van der Waals surface area contributed by atoms with E-state index in [0.29, 0.717) is 41.9 Å². The van der Waals surface area contributed by atoms with Gasteiger partial charge in [0.25, 0.3) is 5.91 Å². The van der Waals surface area contributed by atoms with Gasteiger partial charge in [-0.15, -0.1) is 0 Å².